The van der Waals surface area contributed by atoms with Crippen LogP contribution in [-0.4, -0.2) is 22.6 Å². The summed E-state index contributed by atoms with van der Waals surface area (Å²) < 4.78 is 0. The van der Waals surface area contributed by atoms with Crippen LogP contribution in [0, 0.1) is 12.3 Å². The van der Waals surface area contributed by atoms with Gasteiger partial charge >= 0.3 is 5.97 Å². The summed E-state index contributed by atoms with van der Waals surface area (Å²) in [6, 6.07) is 0. The van der Waals surface area contributed by atoms with Crippen molar-refractivity contribution in [1.29, 1.82) is 0 Å². The maximum atomic E-state index is 11.2. The fraction of sp³-hybridized carbons (Fsp3) is 0.636. The summed E-state index contributed by atoms with van der Waals surface area (Å²) in [4.78, 5) is 16.5. The standard InChI is InChI=1S/C11H18N2O2S/c1-3-11(6-12,10(14)15)5-4-9-8(2)13-7-16-9/h7H,3-6,12H2,1-2H3,(H,14,15). The van der Waals surface area contributed by atoms with Crippen LogP contribution in [0.15, 0.2) is 5.51 Å². The summed E-state index contributed by atoms with van der Waals surface area (Å²) in [7, 11) is 0. The van der Waals surface area contributed by atoms with Crippen LogP contribution in [-0.2, 0) is 11.2 Å². The van der Waals surface area contributed by atoms with Crippen LogP contribution in [0.1, 0.15) is 30.3 Å². The first-order valence-electron chi connectivity index (χ1n) is 5.38. The summed E-state index contributed by atoms with van der Waals surface area (Å²) >= 11 is 1.58. The molecule has 90 valence electrons. The summed E-state index contributed by atoms with van der Waals surface area (Å²) in [5, 5.41) is 9.23. The molecule has 4 nitrogen and oxygen atoms in total. The zero-order valence-corrected chi connectivity index (χ0v) is 10.5. The molecule has 1 atom stereocenters. The third-order valence-electron chi connectivity index (χ3n) is 3.20. The largest absolute Gasteiger partial charge is 0.481 e. The second-order valence-corrected chi connectivity index (χ2v) is 4.94. The number of aryl methyl sites for hydroxylation is 2. The lowest BCUT2D eigenvalue weighted by Gasteiger charge is -2.26. The predicted molar refractivity (Wildman–Crippen MR) is 64.6 cm³/mol. The number of hydrogen-bond acceptors (Lipinski definition) is 4. The number of aliphatic carboxylic acids is 1. The smallest absolute Gasteiger partial charge is 0.310 e. The molecule has 0 saturated carbocycles. The van der Waals surface area contributed by atoms with Crippen molar-refractivity contribution in [2.45, 2.75) is 33.1 Å². The first-order valence-corrected chi connectivity index (χ1v) is 6.26. The van der Waals surface area contributed by atoms with Gasteiger partial charge in [0.2, 0.25) is 0 Å². The van der Waals surface area contributed by atoms with Crippen LogP contribution in [0.5, 0.6) is 0 Å². The number of rotatable bonds is 6. The quantitative estimate of drug-likeness (QED) is 0.798. The Kier molecular flexibility index (Phi) is 4.44. The Morgan fingerprint density at radius 1 is 1.69 bits per heavy atom. The highest BCUT2D eigenvalue weighted by Gasteiger charge is 2.34. The average Bonchev–Trinajstić information content (AvgIpc) is 2.66. The third kappa shape index (κ3) is 2.59. The summed E-state index contributed by atoms with van der Waals surface area (Å²) in [5.74, 6) is -0.792. The van der Waals surface area contributed by atoms with Crippen LogP contribution in [0.2, 0.25) is 0 Å². The fourth-order valence-electron chi connectivity index (χ4n) is 1.69. The Bertz CT molecular complexity index is 359. The van der Waals surface area contributed by atoms with Crippen molar-refractivity contribution in [3.63, 3.8) is 0 Å². The number of thiazole rings is 1. The second kappa shape index (κ2) is 5.41. The molecule has 1 unspecified atom stereocenters. The van der Waals surface area contributed by atoms with Crippen molar-refractivity contribution in [2.75, 3.05) is 6.54 Å². The Morgan fingerprint density at radius 3 is 2.75 bits per heavy atom. The van der Waals surface area contributed by atoms with E-state index in [4.69, 9.17) is 5.73 Å². The van der Waals surface area contributed by atoms with E-state index >= 15 is 0 Å². The first-order chi connectivity index (χ1) is 7.55. The Morgan fingerprint density at radius 2 is 2.38 bits per heavy atom. The number of carboxylic acid groups (broad SMARTS) is 1. The molecule has 3 N–H and O–H groups in total. The van der Waals surface area contributed by atoms with Crippen LogP contribution in [0.4, 0.5) is 0 Å². The minimum Gasteiger partial charge on any atom is -0.481 e. The number of nitrogens with two attached hydrogens (primary N) is 1. The molecule has 0 radical (unpaired) electrons. The van der Waals surface area contributed by atoms with Crippen molar-refractivity contribution >= 4 is 17.3 Å². The minimum absolute atomic E-state index is 0.191. The number of carbonyl (C=O) groups is 1. The van der Waals surface area contributed by atoms with Gasteiger partial charge in [0.15, 0.2) is 0 Å². The number of nitrogens with zero attached hydrogens (tertiary/aromatic N) is 1. The molecule has 0 spiro atoms. The number of aromatic nitrogens is 1. The highest BCUT2D eigenvalue weighted by molar-refractivity contribution is 7.09. The molecule has 0 saturated heterocycles. The van der Waals surface area contributed by atoms with E-state index in [1.165, 1.54) is 0 Å². The molecule has 0 fully saturated rings. The van der Waals surface area contributed by atoms with Gasteiger partial charge in [0.25, 0.3) is 0 Å². The molecular formula is C11H18N2O2S. The van der Waals surface area contributed by atoms with Gasteiger partial charge in [-0.3, -0.25) is 4.79 Å². The predicted octanol–water partition coefficient (Wildman–Crippen LogP) is 1.82. The molecule has 0 aliphatic rings. The lowest BCUT2D eigenvalue weighted by Crippen LogP contribution is -2.38. The molecule has 0 aliphatic carbocycles. The van der Waals surface area contributed by atoms with Crippen LogP contribution < -0.4 is 5.73 Å². The zero-order chi connectivity index (χ0) is 12.2. The molecule has 1 heterocycles. The van der Waals surface area contributed by atoms with Crippen LogP contribution in [0.25, 0.3) is 0 Å². The van der Waals surface area contributed by atoms with E-state index in [0.29, 0.717) is 12.8 Å². The Balaban J connectivity index is 2.71. The van der Waals surface area contributed by atoms with Gasteiger partial charge in [-0.2, -0.15) is 0 Å². The molecule has 0 amide bonds. The van der Waals surface area contributed by atoms with Gasteiger partial charge in [0.1, 0.15) is 0 Å². The monoisotopic (exact) mass is 242 g/mol. The van der Waals surface area contributed by atoms with E-state index in [9.17, 15) is 9.90 Å². The highest BCUT2D eigenvalue weighted by Crippen LogP contribution is 2.29. The lowest BCUT2D eigenvalue weighted by molar-refractivity contribution is -0.149. The maximum Gasteiger partial charge on any atom is 0.310 e. The fourth-order valence-corrected chi connectivity index (χ4v) is 2.47. The van der Waals surface area contributed by atoms with Gasteiger partial charge in [-0.15, -0.1) is 11.3 Å². The van der Waals surface area contributed by atoms with Crippen molar-refractivity contribution in [3.05, 3.63) is 16.1 Å². The molecular weight excluding hydrogens is 224 g/mol. The molecule has 5 heteroatoms. The van der Waals surface area contributed by atoms with Crippen molar-refractivity contribution in [3.8, 4) is 0 Å². The average molecular weight is 242 g/mol. The van der Waals surface area contributed by atoms with Crippen LogP contribution in [0.3, 0.4) is 0 Å². The molecule has 1 aromatic rings. The topological polar surface area (TPSA) is 76.2 Å². The van der Waals surface area contributed by atoms with Gasteiger partial charge in [0.05, 0.1) is 16.6 Å². The van der Waals surface area contributed by atoms with E-state index in [2.05, 4.69) is 4.98 Å². The molecule has 0 aliphatic heterocycles. The van der Waals surface area contributed by atoms with E-state index < -0.39 is 11.4 Å². The van der Waals surface area contributed by atoms with E-state index in [0.717, 1.165) is 17.0 Å². The Labute approximate surface area is 99.5 Å². The van der Waals surface area contributed by atoms with Gasteiger partial charge in [-0.25, -0.2) is 4.98 Å². The Hall–Kier alpha value is -0.940. The molecule has 0 bridgehead atoms. The number of carboxylic acids is 1. The van der Waals surface area contributed by atoms with Crippen molar-refractivity contribution in [1.82, 2.24) is 4.98 Å². The van der Waals surface area contributed by atoms with Gasteiger partial charge in [-0.1, -0.05) is 6.92 Å². The summed E-state index contributed by atoms with van der Waals surface area (Å²) in [6.07, 6.45) is 1.89. The van der Waals surface area contributed by atoms with E-state index in [1.54, 1.807) is 16.8 Å². The molecule has 16 heavy (non-hydrogen) atoms. The zero-order valence-electron chi connectivity index (χ0n) is 9.69. The van der Waals surface area contributed by atoms with Crippen LogP contribution >= 0.6 is 11.3 Å². The summed E-state index contributed by atoms with van der Waals surface area (Å²) in [5.41, 5.74) is 7.61. The third-order valence-corrected chi connectivity index (χ3v) is 4.19. The number of hydrogen-bond donors (Lipinski definition) is 2. The summed E-state index contributed by atoms with van der Waals surface area (Å²) in [6.45, 7) is 4.01. The molecule has 0 aromatic carbocycles. The van der Waals surface area contributed by atoms with Crippen molar-refractivity contribution < 1.29 is 9.90 Å². The van der Waals surface area contributed by atoms with E-state index in [-0.39, 0.29) is 6.54 Å². The maximum absolute atomic E-state index is 11.2. The van der Waals surface area contributed by atoms with E-state index in [1.807, 2.05) is 13.8 Å². The minimum atomic E-state index is -0.792. The SMILES string of the molecule is CCC(CN)(CCc1scnc1C)C(=O)O. The molecule has 1 rings (SSSR count). The second-order valence-electron chi connectivity index (χ2n) is 4.00. The highest BCUT2D eigenvalue weighted by atomic mass is 32.1. The lowest BCUT2D eigenvalue weighted by atomic mass is 9.80. The van der Waals surface area contributed by atoms with Gasteiger partial charge < -0.3 is 10.8 Å². The normalized spacial score (nSPS) is 14.7. The molecule has 1 aromatic heterocycles. The van der Waals surface area contributed by atoms with Gasteiger partial charge in [-0.05, 0) is 26.2 Å². The van der Waals surface area contributed by atoms with Gasteiger partial charge in [0, 0.05) is 11.4 Å². The van der Waals surface area contributed by atoms with Crippen molar-refractivity contribution in [2.24, 2.45) is 11.1 Å². The first kappa shape index (κ1) is 13.1.